The van der Waals surface area contributed by atoms with Gasteiger partial charge in [0.05, 0.1) is 4.92 Å². The third-order valence-corrected chi connectivity index (χ3v) is 3.14. The van der Waals surface area contributed by atoms with Crippen LogP contribution in [0.2, 0.25) is 0 Å². The molecule has 0 aromatic heterocycles. The molecular weight excluding hydrogens is 333 g/mol. The van der Waals surface area contributed by atoms with E-state index in [1.54, 1.807) is 0 Å². The molecule has 0 radical (unpaired) electrons. The average molecular weight is 347 g/mol. The Morgan fingerprint density at radius 1 is 1.08 bits per heavy atom. The Balaban J connectivity index is 1.86. The zero-order valence-electron chi connectivity index (χ0n) is 13.1. The summed E-state index contributed by atoms with van der Waals surface area (Å²) in [6.45, 7) is 1.46. The van der Waals surface area contributed by atoms with Crippen LogP contribution in [-0.4, -0.2) is 22.8 Å². The Labute approximate surface area is 141 Å². The van der Waals surface area contributed by atoms with Gasteiger partial charge in [0.15, 0.2) is 6.10 Å². The number of hydrogen-bond acceptors (Lipinski definition) is 5. The van der Waals surface area contributed by atoms with Crippen molar-refractivity contribution in [2.45, 2.75) is 13.0 Å². The number of nitrogens with one attached hydrogen (secondary N) is 2. The van der Waals surface area contributed by atoms with E-state index < -0.39 is 28.7 Å². The molecule has 0 aliphatic heterocycles. The van der Waals surface area contributed by atoms with E-state index in [0.29, 0.717) is 5.75 Å². The summed E-state index contributed by atoms with van der Waals surface area (Å²) in [6, 6.07) is 10.00. The van der Waals surface area contributed by atoms with E-state index in [2.05, 4.69) is 10.9 Å². The smallest absolute Gasteiger partial charge is 0.279 e. The van der Waals surface area contributed by atoms with Crippen LogP contribution in [0.15, 0.2) is 48.5 Å². The van der Waals surface area contributed by atoms with E-state index in [0.717, 1.165) is 0 Å². The molecule has 130 valence electrons. The number of benzene rings is 2. The van der Waals surface area contributed by atoms with Gasteiger partial charge >= 0.3 is 0 Å². The molecule has 0 aliphatic rings. The molecule has 2 aromatic rings. The standard InChI is InChI=1S/C16H14FN3O5/c1-10(25-14-8-4-12(17)5-9-14)15(21)18-19-16(22)11-2-6-13(7-3-11)20(23)24/h2-10H,1H3,(H,18,21)(H,19,22). The first-order valence-corrected chi connectivity index (χ1v) is 7.13. The molecule has 1 atom stereocenters. The van der Waals surface area contributed by atoms with Crippen molar-refractivity contribution in [3.8, 4) is 5.75 Å². The van der Waals surface area contributed by atoms with Crippen LogP contribution in [0.5, 0.6) is 5.75 Å². The number of nitro benzene ring substituents is 1. The van der Waals surface area contributed by atoms with Gasteiger partial charge in [-0.2, -0.15) is 0 Å². The van der Waals surface area contributed by atoms with Crippen molar-refractivity contribution in [2.75, 3.05) is 0 Å². The molecule has 8 nitrogen and oxygen atoms in total. The number of amides is 2. The molecule has 0 heterocycles. The third-order valence-electron chi connectivity index (χ3n) is 3.14. The van der Waals surface area contributed by atoms with E-state index in [1.165, 1.54) is 55.5 Å². The number of hydrazine groups is 1. The van der Waals surface area contributed by atoms with Gasteiger partial charge < -0.3 is 4.74 Å². The topological polar surface area (TPSA) is 111 Å². The minimum atomic E-state index is -0.942. The molecule has 25 heavy (non-hydrogen) atoms. The Morgan fingerprint density at radius 3 is 2.24 bits per heavy atom. The number of hydrogen-bond donors (Lipinski definition) is 2. The molecule has 0 fully saturated rings. The van der Waals surface area contributed by atoms with E-state index in [4.69, 9.17) is 4.74 Å². The molecule has 0 aliphatic carbocycles. The fourth-order valence-corrected chi connectivity index (χ4v) is 1.80. The lowest BCUT2D eigenvalue weighted by molar-refractivity contribution is -0.384. The van der Waals surface area contributed by atoms with Crippen LogP contribution in [0, 0.1) is 15.9 Å². The van der Waals surface area contributed by atoms with E-state index in [-0.39, 0.29) is 11.3 Å². The molecule has 1 unspecified atom stereocenters. The Morgan fingerprint density at radius 2 is 1.68 bits per heavy atom. The van der Waals surface area contributed by atoms with Crippen LogP contribution in [-0.2, 0) is 4.79 Å². The zero-order valence-corrected chi connectivity index (χ0v) is 13.1. The highest BCUT2D eigenvalue weighted by Crippen LogP contribution is 2.13. The molecule has 2 N–H and O–H groups in total. The van der Waals surface area contributed by atoms with Gasteiger partial charge in [0.2, 0.25) is 0 Å². The maximum atomic E-state index is 12.8. The van der Waals surface area contributed by atoms with Gasteiger partial charge in [0.1, 0.15) is 11.6 Å². The van der Waals surface area contributed by atoms with Crippen molar-refractivity contribution in [1.82, 2.24) is 10.9 Å². The monoisotopic (exact) mass is 347 g/mol. The maximum absolute atomic E-state index is 12.8. The number of nitrogens with zero attached hydrogens (tertiary/aromatic N) is 1. The summed E-state index contributed by atoms with van der Waals surface area (Å²) in [7, 11) is 0. The lowest BCUT2D eigenvalue weighted by Gasteiger charge is -2.15. The van der Waals surface area contributed by atoms with Crippen molar-refractivity contribution in [3.05, 3.63) is 70.0 Å². The van der Waals surface area contributed by atoms with Gasteiger partial charge in [-0.15, -0.1) is 0 Å². The van der Waals surface area contributed by atoms with Gasteiger partial charge in [0, 0.05) is 17.7 Å². The second-order valence-corrected chi connectivity index (χ2v) is 4.96. The molecule has 0 saturated heterocycles. The van der Waals surface area contributed by atoms with Crippen LogP contribution >= 0.6 is 0 Å². The highest BCUT2D eigenvalue weighted by molar-refractivity contribution is 5.95. The van der Waals surface area contributed by atoms with Gasteiger partial charge in [-0.25, -0.2) is 4.39 Å². The lowest BCUT2D eigenvalue weighted by Crippen LogP contribution is -2.47. The number of nitro groups is 1. The highest BCUT2D eigenvalue weighted by atomic mass is 19.1. The van der Waals surface area contributed by atoms with Crippen molar-refractivity contribution in [2.24, 2.45) is 0 Å². The molecule has 2 aromatic carbocycles. The van der Waals surface area contributed by atoms with Crippen molar-refractivity contribution in [3.63, 3.8) is 0 Å². The molecule has 2 rings (SSSR count). The second-order valence-electron chi connectivity index (χ2n) is 4.96. The lowest BCUT2D eigenvalue weighted by atomic mass is 10.2. The van der Waals surface area contributed by atoms with Gasteiger partial charge in [0.25, 0.3) is 17.5 Å². The van der Waals surface area contributed by atoms with Crippen LogP contribution in [0.3, 0.4) is 0 Å². The fourth-order valence-electron chi connectivity index (χ4n) is 1.80. The Hall–Kier alpha value is -3.49. The first-order valence-electron chi connectivity index (χ1n) is 7.13. The SMILES string of the molecule is CC(Oc1ccc(F)cc1)C(=O)NNC(=O)c1ccc([N+](=O)[O-])cc1. The van der Waals surface area contributed by atoms with Crippen molar-refractivity contribution in [1.29, 1.82) is 0 Å². The van der Waals surface area contributed by atoms with Crippen LogP contribution in [0.1, 0.15) is 17.3 Å². The summed E-state index contributed by atoms with van der Waals surface area (Å²) < 4.78 is 18.1. The molecule has 0 bridgehead atoms. The molecule has 9 heteroatoms. The van der Waals surface area contributed by atoms with Gasteiger partial charge in [-0.05, 0) is 43.3 Å². The summed E-state index contributed by atoms with van der Waals surface area (Å²) >= 11 is 0. The van der Waals surface area contributed by atoms with E-state index >= 15 is 0 Å². The molecular formula is C16H14FN3O5. The number of carbonyl (C=O) groups is 2. The fraction of sp³-hybridized carbons (Fsp3) is 0.125. The molecule has 0 saturated carbocycles. The number of ether oxygens (including phenoxy) is 1. The van der Waals surface area contributed by atoms with E-state index in [1.807, 2.05) is 0 Å². The summed E-state index contributed by atoms with van der Waals surface area (Å²) in [5.41, 5.74) is 4.34. The molecule has 0 spiro atoms. The summed E-state index contributed by atoms with van der Waals surface area (Å²) in [5.74, 6) is -1.40. The minimum absolute atomic E-state index is 0.137. The van der Waals surface area contributed by atoms with Crippen LogP contribution in [0.25, 0.3) is 0 Å². The quantitative estimate of drug-likeness (QED) is 0.634. The van der Waals surface area contributed by atoms with E-state index in [9.17, 15) is 24.1 Å². The normalized spacial score (nSPS) is 11.3. The highest BCUT2D eigenvalue weighted by Gasteiger charge is 2.16. The predicted molar refractivity (Wildman–Crippen MR) is 85.2 cm³/mol. The van der Waals surface area contributed by atoms with Gasteiger partial charge in [-0.1, -0.05) is 0 Å². The van der Waals surface area contributed by atoms with Crippen molar-refractivity contribution < 1.29 is 23.6 Å². The Bertz CT molecular complexity index is 777. The number of halogens is 1. The predicted octanol–water partition coefficient (Wildman–Crippen LogP) is 1.96. The first kappa shape index (κ1) is 17.9. The number of carbonyl (C=O) groups excluding carboxylic acids is 2. The van der Waals surface area contributed by atoms with Crippen molar-refractivity contribution >= 4 is 17.5 Å². The average Bonchev–Trinajstić information content (AvgIpc) is 2.61. The number of rotatable bonds is 5. The summed E-state index contributed by atoms with van der Waals surface area (Å²) in [4.78, 5) is 33.7. The van der Waals surface area contributed by atoms with Gasteiger partial charge in [-0.3, -0.25) is 30.6 Å². The molecule has 2 amide bonds. The first-order chi connectivity index (χ1) is 11.9. The van der Waals surface area contributed by atoms with Crippen LogP contribution < -0.4 is 15.6 Å². The minimum Gasteiger partial charge on any atom is -0.481 e. The van der Waals surface area contributed by atoms with Crippen LogP contribution in [0.4, 0.5) is 10.1 Å². The summed E-state index contributed by atoms with van der Waals surface area (Å²) in [6.07, 6.45) is -0.942. The zero-order chi connectivity index (χ0) is 18.4. The largest absolute Gasteiger partial charge is 0.481 e. The maximum Gasteiger partial charge on any atom is 0.279 e. The summed E-state index contributed by atoms with van der Waals surface area (Å²) in [5, 5.41) is 10.6. The third kappa shape index (κ3) is 4.99. The Kier molecular flexibility index (Phi) is 5.62. The second kappa shape index (κ2) is 7.86. The number of non-ortho nitro benzene ring substituents is 1.